The molecular weight excluding hydrogens is 288 g/mol. The number of nitrogens with one attached hydrogen (secondary N) is 2. The molecule has 0 amide bonds. The van der Waals surface area contributed by atoms with Crippen LogP contribution in [0.1, 0.15) is 5.56 Å². The van der Waals surface area contributed by atoms with Crippen LogP contribution in [0.5, 0.6) is 0 Å². The lowest BCUT2D eigenvalue weighted by Gasteiger charge is -2.06. The molecule has 0 bridgehead atoms. The van der Waals surface area contributed by atoms with Crippen molar-refractivity contribution in [2.45, 2.75) is 6.92 Å². The lowest BCUT2D eigenvalue weighted by molar-refractivity contribution is 1.10. The van der Waals surface area contributed by atoms with Gasteiger partial charge in [0, 0.05) is 5.56 Å². The van der Waals surface area contributed by atoms with E-state index in [2.05, 4.69) is 20.2 Å². The highest BCUT2D eigenvalue weighted by molar-refractivity contribution is 5.84. The highest BCUT2D eigenvalue weighted by atomic mass is 16.1. The smallest absolute Gasteiger partial charge is 0.259 e. The van der Waals surface area contributed by atoms with Gasteiger partial charge >= 0.3 is 0 Å². The van der Waals surface area contributed by atoms with Gasteiger partial charge in [-0.3, -0.25) is 9.89 Å². The molecule has 0 aliphatic heterocycles. The van der Waals surface area contributed by atoms with Crippen LogP contribution in [-0.2, 0) is 0 Å². The number of hydrogen-bond donors (Lipinski definition) is 2. The van der Waals surface area contributed by atoms with Gasteiger partial charge in [-0.1, -0.05) is 42.5 Å². The van der Waals surface area contributed by atoms with Crippen molar-refractivity contribution < 1.29 is 0 Å². The summed E-state index contributed by atoms with van der Waals surface area (Å²) in [5, 5.41) is 7.71. The van der Waals surface area contributed by atoms with Crippen LogP contribution in [0.25, 0.3) is 33.5 Å². The molecule has 4 aromatic rings. The molecule has 0 atom stereocenters. The number of hydrogen-bond acceptors (Lipinski definition) is 3. The average Bonchev–Trinajstić information content (AvgIpc) is 3.06. The minimum atomic E-state index is -0.145. The zero-order valence-corrected chi connectivity index (χ0v) is 12.5. The van der Waals surface area contributed by atoms with E-state index in [4.69, 9.17) is 0 Å². The molecular formula is C18H14N4O. The van der Waals surface area contributed by atoms with Gasteiger partial charge in [0.2, 0.25) is 0 Å². The number of para-hydroxylation sites is 1. The maximum atomic E-state index is 12.4. The molecule has 23 heavy (non-hydrogen) atoms. The van der Waals surface area contributed by atoms with E-state index in [0.29, 0.717) is 16.7 Å². The molecule has 0 saturated carbocycles. The fourth-order valence-electron chi connectivity index (χ4n) is 2.72. The maximum absolute atomic E-state index is 12.4. The summed E-state index contributed by atoms with van der Waals surface area (Å²) in [6, 6.07) is 15.4. The van der Waals surface area contributed by atoms with E-state index in [1.165, 1.54) is 0 Å². The summed E-state index contributed by atoms with van der Waals surface area (Å²) in [6.45, 7) is 1.95. The minimum Gasteiger partial charge on any atom is -0.306 e. The van der Waals surface area contributed by atoms with E-state index in [-0.39, 0.29) is 5.56 Å². The van der Waals surface area contributed by atoms with E-state index in [1.807, 2.05) is 49.4 Å². The summed E-state index contributed by atoms with van der Waals surface area (Å²) >= 11 is 0. The van der Waals surface area contributed by atoms with Crippen LogP contribution in [0.3, 0.4) is 0 Å². The van der Waals surface area contributed by atoms with E-state index >= 15 is 0 Å². The van der Waals surface area contributed by atoms with E-state index in [9.17, 15) is 4.79 Å². The molecule has 0 spiro atoms. The van der Waals surface area contributed by atoms with Crippen molar-refractivity contribution >= 4 is 10.9 Å². The van der Waals surface area contributed by atoms with Crippen LogP contribution in [0, 0.1) is 6.92 Å². The Kier molecular flexibility index (Phi) is 3.05. The SMILES string of the molecule is Cc1cccc2c(=O)[nH]c(-c3cn[nH]c3-c3ccccc3)nc12. The highest BCUT2D eigenvalue weighted by Crippen LogP contribution is 2.28. The number of rotatable bonds is 2. The van der Waals surface area contributed by atoms with Gasteiger partial charge < -0.3 is 4.98 Å². The number of aromatic nitrogens is 4. The van der Waals surface area contributed by atoms with Crippen LogP contribution in [0.15, 0.2) is 59.5 Å². The number of aromatic amines is 2. The zero-order valence-electron chi connectivity index (χ0n) is 12.5. The molecule has 112 valence electrons. The van der Waals surface area contributed by atoms with Gasteiger partial charge in [-0.2, -0.15) is 5.10 Å². The maximum Gasteiger partial charge on any atom is 0.259 e. The van der Waals surface area contributed by atoms with Crippen molar-refractivity contribution in [2.24, 2.45) is 0 Å². The molecule has 0 aliphatic carbocycles. The third kappa shape index (κ3) is 2.23. The Labute approximate surface area is 132 Å². The number of aryl methyl sites for hydroxylation is 1. The van der Waals surface area contributed by atoms with Crippen LogP contribution in [0.4, 0.5) is 0 Å². The Morgan fingerprint density at radius 3 is 2.65 bits per heavy atom. The first-order chi connectivity index (χ1) is 11.2. The Hall–Kier alpha value is -3.21. The normalized spacial score (nSPS) is 11.0. The molecule has 0 radical (unpaired) electrons. The first kappa shape index (κ1) is 13.5. The highest BCUT2D eigenvalue weighted by Gasteiger charge is 2.14. The first-order valence-corrected chi connectivity index (χ1v) is 7.33. The molecule has 0 fully saturated rings. The second kappa shape index (κ2) is 5.21. The number of nitrogens with zero attached hydrogens (tertiary/aromatic N) is 2. The third-order valence-corrected chi connectivity index (χ3v) is 3.89. The van der Waals surface area contributed by atoms with E-state index < -0.39 is 0 Å². The summed E-state index contributed by atoms with van der Waals surface area (Å²) < 4.78 is 0. The van der Waals surface area contributed by atoms with Crippen molar-refractivity contribution in [1.82, 2.24) is 20.2 Å². The summed E-state index contributed by atoms with van der Waals surface area (Å²) in [4.78, 5) is 19.9. The molecule has 4 rings (SSSR count). The largest absolute Gasteiger partial charge is 0.306 e. The fraction of sp³-hybridized carbons (Fsp3) is 0.0556. The predicted molar refractivity (Wildman–Crippen MR) is 90.1 cm³/mol. The van der Waals surface area contributed by atoms with Gasteiger partial charge in [0.25, 0.3) is 5.56 Å². The van der Waals surface area contributed by atoms with Gasteiger partial charge in [0.1, 0.15) is 5.82 Å². The van der Waals surface area contributed by atoms with Gasteiger partial charge in [0.05, 0.1) is 28.4 Å². The van der Waals surface area contributed by atoms with Crippen LogP contribution in [0.2, 0.25) is 0 Å². The Balaban J connectivity index is 1.97. The van der Waals surface area contributed by atoms with Crippen molar-refractivity contribution in [1.29, 1.82) is 0 Å². The molecule has 5 heteroatoms. The summed E-state index contributed by atoms with van der Waals surface area (Å²) in [7, 11) is 0. The third-order valence-electron chi connectivity index (χ3n) is 3.89. The van der Waals surface area contributed by atoms with Gasteiger partial charge in [-0.25, -0.2) is 4.98 Å². The number of fused-ring (bicyclic) bond motifs is 1. The van der Waals surface area contributed by atoms with Gasteiger partial charge in [0.15, 0.2) is 0 Å². The number of benzene rings is 2. The number of H-pyrrole nitrogens is 2. The molecule has 2 heterocycles. The monoisotopic (exact) mass is 302 g/mol. The second-order valence-corrected chi connectivity index (χ2v) is 5.41. The van der Waals surface area contributed by atoms with Crippen LogP contribution < -0.4 is 5.56 Å². The lowest BCUT2D eigenvalue weighted by Crippen LogP contribution is -2.10. The predicted octanol–water partition coefficient (Wildman–Crippen LogP) is 3.29. The summed E-state index contributed by atoms with van der Waals surface area (Å²) in [6.07, 6.45) is 1.69. The minimum absolute atomic E-state index is 0.145. The van der Waals surface area contributed by atoms with Gasteiger partial charge in [-0.05, 0) is 18.6 Å². The Morgan fingerprint density at radius 1 is 1.00 bits per heavy atom. The lowest BCUT2D eigenvalue weighted by atomic mass is 10.1. The quantitative estimate of drug-likeness (QED) is 0.596. The van der Waals surface area contributed by atoms with E-state index in [0.717, 1.165) is 22.4 Å². The van der Waals surface area contributed by atoms with Crippen molar-refractivity contribution in [3.8, 4) is 22.6 Å². The Bertz CT molecular complexity index is 1050. The molecule has 2 aromatic carbocycles. The molecule has 0 unspecified atom stereocenters. The topological polar surface area (TPSA) is 74.4 Å². The standard InChI is InChI=1S/C18H14N4O/c1-11-6-5-9-13-15(11)20-17(21-18(13)23)14-10-19-22-16(14)12-7-3-2-4-8-12/h2-10H,1H3,(H,19,22)(H,20,21,23). The van der Waals surface area contributed by atoms with Crippen molar-refractivity contribution in [3.63, 3.8) is 0 Å². The molecule has 5 nitrogen and oxygen atoms in total. The average molecular weight is 302 g/mol. The van der Waals surface area contributed by atoms with Crippen molar-refractivity contribution in [2.75, 3.05) is 0 Å². The van der Waals surface area contributed by atoms with Crippen LogP contribution in [-0.4, -0.2) is 20.2 Å². The van der Waals surface area contributed by atoms with Gasteiger partial charge in [-0.15, -0.1) is 0 Å². The summed E-state index contributed by atoms with van der Waals surface area (Å²) in [5.74, 6) is 0.518. The molecule has 2 N–H and O–H groups in total. The van der Waals surface area contributed by atoms with Crippen molar-refractivity contribution in [3.05, 3.63) is 70.6 Å². The second-order valence-electron chi connectivity index (χ2n) is 5.41. The molecule has 0 aliphatic rings. The van der Waals surface area contributed by atoms with E-state index in [1.54, 1.807) is 12.3 Å². The zero-order chi connectivity index (χ0) is 15.8. The summed E-state index contributed by atoms with van der Waals surface area (Å²) in [5.41, 5.74) is 4.15. The molecule has 2 aromatic heterocycles. The Morgan fingerprint density at radius 2 is 1.83 bits per heavy atom. The fourth-order valence-corrected chi connectivity index (χ4v) is 2.72. The van der Waals surface area contributed by atoms with Crippen LogP contribution >= 0.6 is 0 Å². The first-order valence-electron chi connectivity index (χ1n) is 7.33. The molecule has 0 saturated heterocycles.